The first kappa shape index (κ1) is 14.7. The third-order valence-corrected chi connectivity index (χ3v) is 3.08. The zero-order valence-corrected chi connectivity index (χ0v) is 11.4. The largest absolute Gasteiger partial charge is 0.352 e. The van der Waals surface area contributed by atoms with Crippen molar-refractivity contribution in [1.29, 1.82) is 0 Å². The fraction of sp³-hybridized carbons (Fsp3) is 0.533. The highest BCUT2D eigenvalue weighted by Gasteiger charge is 2.08. The lowest BCUT2D eigenvalue weighted by atomic mass is 10.1. The summed E-state index contributed by atoms with van der Waals surface area (Å²) in [5, 5.41) is 2.94. The van der Waals surface area contributed by atoms with Crippen LogP contribution in [0.2, 0.25) is 0 Å². The molecule has 0 fully saturated rings. The molecule has 0 aliphatic rings. The summed E-state index contributed by atoms with van der Waals surface area (Å²) in [5.41, 5.74) is 8.33. The minimum atomic E-state index is -0.0172. The molecule has 1 rings (SSSR count). The molecule has 3 nitrogen and oxygen atoms in total. The summed E-state index contributed by atoms with van der Waals surface area (Å²) in [6.45, 7) is 4.80. The van der Waals surface area contributed by atoms with Crippen LogP contribution in [0.4, 0.5) is 0 Å². The second kappa shape index (κ2) is 7.88. The van der Waals surface area contributed by atoms with Gasteiger partial charge in [0.05, 0.1) is 0 Å². The average Bonchev–Trinajstić information content (AvgIpc) is 2.37. The van der Waals surface area contributed by atoms with Crippen LogP contribution in [0.15, 0.2) is 24.3 Å². The van der Waals surface area contributed by atoms with Crippen LogP contribution in [-0.2, 0) is 17.8 Å². The van der Waals surface area contributed by atoms with Crippen molar-refractivity contribution in [2.45, 2.75) is 52.1 Å². The fourth-order valence-electron chi connectivity index (χ4n) is 2.05. The van der Waals surface area contributed by atoms with Crippen LogP contribution in [0, 0.1) is 0 Å². The molecule has 0 bridgehead atoms. The summed E-state index contributed by atoms with van der Waals surface area (Å²) in [6, 6.07) is 8.18. The summed E-state index contributed by atoms with van der Waals surface area (Å²) in [6.07, 6.45) is 3.33. The van der Waals surface area contributed by atoms with Crippen LogP contribution in [0.1, 0.15) is 44.2 Å². The van der Waals surface area contributed by atoms with Crippen LogP contribution in [0.5, 0.6) is 0 Å². The van der Waals surface area contributed by atoms with E-state index >= 15 is 0 Å². The zero-order chi connectivity index (χ0) is 13.4. The lowest BCUT2D eigenvalue weighted by Gasteiger charge is -2.12. The van der Waals surface area contributed by atoms with Crippen molar-refractivity contribution < 1.29 is 4.79 Å². The third kappa shape index (κ3) is 4.88. The molecule has 0 heterocycles. The van der Waals surface area contributed by atoms with Gasteiger partial charge >= 0.3 is 0 Å². The van der Waals surface area contributed by atoms with Crippen molar-refractivity contribution in [3.8, 4) is 0 Å². The molecule has 3 heteroatoms. The van der Waals surface area contributed by atoms with Gasteiger partial charge in [0.25, 0.3) is 0 Å². The molecule has 0 radical (unpaired) electrons. The smallest absolute Gasteiger partial charge is 0.221 e. The highest BCUT2D eigenvalue weighted by atomic mass is 16.1. The highest BCUT2D eigenvalue weighted by Crippen LogP contribution is 2.09. The molecule has 0 aliphatic carbocycles. The summed E-state index contributed by atoms with van der Waals surface area (Å²) in [7, 11) is 0. The summed E-state index contributed by atoms with van der Waals surface area (Å²) < 4.78 is 0. The van der Waals surface area contributed by atoms with Gasteiger partial charge in [-0.25, -0.2) is 0 Å². The van der Waals surface area contributed by atoms with Crippen LogP contribution in [0.25, 0.3) is 0 Å². The van der Waals surface area contributed by atoms with Crippen molar-refractivity contribution in [3.63, 3.8) is 0 Å². The summed E-state index contributed by atoms with van der Waals surface area (Å²) in [4.78, 5) is 11.7. The first-order valence-electron chi connectivity index (χ1n) is 6.76. The van der Waals surface area contributed by atoms with Crippen molar-refractivity contribution in [2.24, 2.45) is 5.73 Å². The highest BCUT2D eigenvalue weighted by molar-refractivity contribution is 5.76. The number of benzene rings is 1. The first-order valence-corrected chi connectivity index (χ1v) is 6.76. The lowest BCUT2D eigenvalue weighted by molar-refractivity contribution is -0.121. The molecular weight excluding hydrogens is 224 g/mol. The molecule has 0 saturated carbocycles. The van der Waals surface area contributed by atoms with Gasteiger partial charge in [0, 0.05) is 19.0 Å². The Kier molecular flexibility index (Phi) is 6.44. The van der Waals surface area contributed by atoms with Crippen molar-refractivity contribution >= 4 is 5.91 Å². The maximum absolute atomic E-state index is 11.7. The third-order valence-electron chi connectivity index (χ3n) is 3.08. The van der Waals surface area contributed by atoms with E-state index in [1.807, 2.05) is 12.1 Å². The minimum Gasteiger partial charge on any atom is -0.352 e. The van der Waals surface area contributed by atoms with Crippen molar-refractivity contribution in [2.75, 3.05) is 0 Å². The van der Waals surface area contributed by atoms with E-state index in [0.29, 0.717) is 13.0 Å². The van der Waals surface area contributed by atoms with E-state index in [0.717, 1.165) is 19.3 Å². The Morgan fingerprint density at radius 2 is 1.94 bits per heavy atom. The van der Waals surface area contributed by atoms with E-state index in [1.165, 1.54) is 11.1 Å². The topological polar surface area (TPSA) is 55.1 Å². The quantitative estimate of drug-likeness (QED) is 0.778. The van der Waals surface area contributed by atoms with Crippen molar-refractivity contribution in [1.82, 2.24) is 5.32 Å². The number of aryl methyl sites for hydroxylation is 1. The second-order valence-electron chi connectivity index (χ2n) is 4.65. The van der Waals surface area contributed by atoms with Crippen LogP contribution < -0.4 is 11.1 Å². The van der Waals surface area contributed by atoms with Crippen LogP contribution >= 0.6 is 0 Å². The van der Waals surface area contributed by atoms with E-state index in [9.17, 15) is 4.79 Å². The zero-order valence-electron chi connectivity index (χ0n) is 11.4. The van der Waals surface area contributed by atoms with E-state index in [-0.39, 0.29) is 11.9 Å². The van der Waals surface area contributed by atoms with Gasteiger partial charge in [-0.15, -0.1) is 0 Å². The molecule has 0 aromatic heterocycles. The van der Waals surface area contributed by atoms with Crippen LogP contribution in [0.3, 0.4) is 0 Å². The number of rotatable bonds is 7. The Balaban J connectivity index is 2.42. The molecule has 18 heavy (non-hydrogen) atoms. The molecule has 1 amide bonds. The molecule has 0 spiro atoms. The monoisotopic (exact) mass is 248 g/mol. The standard InChI is InChI=1S/C15H24N2O/c1-3-7-14(16)10-15(18)17-11-13-9-6-5-8-12(13)4-2/h5-6,8-9,14H,3-4,7,10-11,16H2,1-2H3,(H,17,18). The molecule has 1 unspecified atom stereocenters. The predicted octanol–water partition coefficient (Wildman–Crippen LogP) is 2.38. The number of hydrogen-bond acceptors (Lipinski definition) is 2. The van der Waals surface area contributed by atoms with Gasteiger partial charge in [0.1, 0.15) is 0 Å². The molecule has 1 aromatic carbocycles. The Hall–Kier alpha value is -1.35. The molecule has 1 aromatic rings. The van der Waals surface area contributed by atoms with Gasteiger partial charge in [0.2, 0.25) is 5.91 Å². The van der Waals surface area contributed by atoms with Gasteiger partial charge < -0.3 is 11.1 Å². The van der Waals surface area contributed by atoms with E-state index < -0.39 is 0 Å². The van der Waals surface area contributed by atoms with E-state index in [2.05, 4.69) is 31.3 Å². The van der Waals surface area contributed by atoms with Crippen LogP contribution in [-0.4, -0.2) is 11.9 Å². The number of carbonyl (C=O) groups excluding carboxylic acids is 1. The maximum Gasteiger partial charge on any atom is 0.221 e. The minimum absolute atomic E-state index is 0.0172. The Labute approximate surface area is 110 Å². The van der Waals surface area contributed by atoms with E-state index in [4.69, 9.17) is 5.73 Å². The van der Waals surface area contributed by atoms with Gasteiger partial charge in [-0.3, -0.25) is 4.79 Å². The van der Waals surface area contributed by atoms with Gasteiger partial charge in [0.15, 0.2) is 0 Å². The summed E-state index contributed by atoms with van der Waals surface area (Å²) in [5.74, 6) is 0.0434. The fourth-order valence-corrected chi connectivity index (χ4v) is 2.05. The number of nitrogens with two attached hydrogens (primary N) is 1. The predicted molar refractivity (Wildman–Crippen MR) is 75.2 cm³/mol. The van der Waals surface area contributed by atoms with E-state index in [1.54, 1.807) is 0 Å². The molecule has 0 aliphatic heterocycles. The summed E-state index contributed by atoms with van der Waals surface area (Å²) >= 11 is 0. The Morgan fingerprint density at radius 3 is 2.56 bits per heavy atom. The van der Waals surface area contributed by atoms with Gasteiger partial charge in [-0.1, -0.05) is 44.5 Å². The second-order valence-corrected chi connectivity index (χ2v) is 4.65. The SMILES string of the molecule is CCCC(N)CC(=O)NCc1ccccc1CC. The Bertz CT molecular complexity index is 377. The number of amides is 1. The number of carbonyl (C=O) groups is 1. The number of nitrogens with one attached hydrogen (secondary N) is 1. The first-order chi connectivity index (χ1) is 8.67. The normalized spacial score (nSPS) is 12.2. The molecule has 100 valence electrons. The maximum atomic E-state index is 11.7. The molecule has 3 N–H and O–H groups in total. The van der Waals surface area contributed by atoms with Gasteiger partial charge in [-0.2, -0.15) is 0 Å². The number of hydrogen-bond donors (Lipinski definition) is 2. The molecular formula is C15H24N2O. The Morgan fingerprint density at radius 1 is 1.28 bits per heavy atom. The molecule has 1 atom stereocenters. The lowest BCUT2D eigenvalue weighted by Crippen LogP contribution is -2.31. The average molecular weight is 248 g/mol. The van der Waals surface area contributed by atoms with Crippen molar-refractivity contribution in [3.05, 3.63) is 35.4 Å². The van der Waals surface area contributed by atoms with Gasteiger partial charge in [-0.05, 0) is 24.0 Å². The molecule has 0 saturated heterocycles.